The molecule has 20 heavy (non-hydrogen) atoms. The average molecular weight is 279 g/mol. The molecule has 3 heteroatoms. The first-order valence-electron chi connectivity index (χ1n) is 7.61. The minimum absolute atomic E-state index is 0.253. The number of aryl methyl sites for hydroxylation is 1. The minimum Gasteiger partial charge on any atom is -0.496 e. The molecular weight excluding hydrogens is 250 g/mol. The van der Waals surface area contributed by atoms with Crippen LogP contribution in [0, 0.1) is 12.8 Å². The van der Waals surface area contributed by atoms with Crippen molar-refractivity contribution in [3.8, 4) is 5.75 Å². The summed E-state index contributed by atoms with van der Waals surface area (Å²) >= 11 is 0. The number of hydrogen-bond acceptors (Lipinski definition) is 3. The molecule has 1 aromatic rings. The molecule has 0 fully saturated rings. The zero-order valence-electron chi connectivity index (χ0n) is 13.3. The Morgan fingerprint density at radius 1 is 1.30 bits per heavy atom. The number of hydrogen-bond donors (Lipinski definition) is 2. The molecule has 0 saturated carbocycles. The van der Waals surface area contributed by atoms with Gasteiger partial charge in [0.1, 0.15) is 5.75 Å². The van der Waals surface area contributed by atoms with Crippen LogP contribution in [-0.4, -0.2) is 25.4 Å². The van der Waals surface area contributed by atoms with Crippen molar-refractivity contribution in [2.45, 2.75) is 46.1 Å². The molecule has 0 radical (unpaired) electrons. The second-order valence-electron chi connectivity index (χ2n) is 5.54. The summed E-state index contributed by atoms with van der Waals surface area (Å²) in [6.07, 6.45) is 3.19. The van der Waals surface area contributed by atoms with Crippen LogP contribution in [0.5, 0.6) is 5.75 Å². The van der Waals surface area contributed by atoms with Crippen molar-refractivity contribution < 1.29 is 9.84 Å². The van der Waals surface area contributed by atoms with Gasteiger partial charge in [-0.2, -0.15) is 0 Å². The van der Waals surface area contributed by atoms with Crippen LogP contribution in [-0.2, 0) is 0 Å². The maximum absolute atomic E-state index is 9.11. The first kappa shape index (κ1) is 17.0. The lowest BCUT2D eigenvalue weighted by Crippen LogP contribution is -2.26. The third kappa shape index (κ3) is 5.14. The summed E-state index contributed by atoms with van der Waals surface area (Å²) in [5, 5.41) is 12.7. The van der Waals surface area contributed by atoms with Crippen molar-refractivity contribution in [2.24, 2.45) is 5.92 Å². The van der Waals surface area contributed by atoms with Gasteiger partial charge < -0.3 is 15.2 Å². The van der Waals surface area contributed by atoms with Crippen molar-refractivity contribution in [2.75, 3.05) is 20.3 Å². The first-order valence-corrected chi connectivity index (χ1v) is 7.61. The van der Waals surface area contributed by atoms with Crippen LogP contribution < -0.4 is 10.1 Å². The van der Waals surface area contributed by atoms with E-state index in [9.17, 15) is 0 Å². The van der Waals surface area contributed by atoms with Gasteiger partial charge in [0, 0.05) is 18.2 Å². The fourth-order valence-electron chi connectivity index (χ4n) is 2.57. The number of benzene rings is 1. The lowest BCUT2D eigenvalue weighted by Gasteiger charge is -2.21. The van der Waals surface area contributed by atoms with E-state index in [4.69, 9.17) is 9.84 Å². The molecule has 114 valence electrons. The van der Waals surface area contributed by atoms with Crippen LogP contribution >= 0.6 is 0 Å². The molecule has 0 aliphatic rings. The highest BCUT2D eigenvalue weighted by molar-refractivity contribution is 5.39. The van der Waals surface area contributed by atoms with Crippen LogP contribution in [0.3, 0.4) is 0 Å². The molecule has 2 atom stereocenters. The standard InChI is InChI=1S/C17H29NO2/c1-5-6-15(9-10-19)12-18-14(3)16-8-7-13(2)11-17(16)20-4/h7-8,11,14-15,18-19H,5-6,9-10,12H2,1-4H3. The Balaban J connectivity index is 2.63. The average Bonchev–Trinajstić information content (AvgIpc) is 2.44. The van der Waals surface area contributed by atoms with Gasteiger partial charge in [0.25, 0.3) is 0 Å². The van der Waals surface area contributed by atoms with E-state index >= 15 is 0 Å². The maximum atomic E-state index is 9.11. The topological polar surface area (TPSA) is 41.5 Å². The number of nitrogens with one attached hydrogen (secondary N) is 1. The molecule has 1 rings (SSSR count). The number of aliphatic hydroxyl groups excluding tert-OH is 1. The highest BCUT2D eigenvalue weighted by Crippen LogP contribution is 2.26. The molecule has 0 aromatic heterocycles. The van der Waals surface area contributed by atoms with Crippen molar-refractivity contribution in [1.29, 1.82) is 0 Å². The van der Waals surface area contributed by atoms with Gasteiger partial charge in [0.2, 0.25) is 0 Å². The molecule has 0 amide bonds. The Hall–Kier alpha value is -1.06. The Kier molecular flexibility index (Phi) is 7.63. The monoisotopic (exact) mass is 279 g/mol. The van der Waals surface area contributed by atoms with Crippen molar-refractivity contribution in [1.82, 2.24) is 5.32 Å². The molecular formula is C17H29NO2. The number of ether oxygens (including phenoxy) is 1. The molecule has 1 aromatic carbocycles. The molecule has 2 unspecified atom stereocenters. The summed E-state index contributed by atoms with van der Waals surface area (Å²) < 4.78 is 5.47. The highest BCUT2D eigenvalue weighted by Gasteiger charge is 2.13. The summed E-state index contributed by atoms with van der Waals surface area (Å²) in [7, 11) is 1.72. The summed E-state index contributed by atoms with van der Waals surface area (Å²) in [6.45, 7) is 7.63. The molecule has 3 nitrogen and oxygen atoms in total. The van der Waals surface area contributed by atoms with Crippen LogP contribution in [0.1, 0.15) is 50.3 Å². The fraction of sp³-hybridized carbons (Fsp3) is 0.647. The molecule has 0 heterocycles. The fourth-order valence-corrected chi connectivity index (χ4v) is 2.57. The van der Waals surface area contributed by atoms with Gasteiger partial charge in [-0.3, -0.25) is 0 Å². The van der Waals surface area contributed by atoms with Gasteiger partial charge in [0.05, 0.1) is 7.11 Å². The number of aliphatic hydroxyl groups is 1. The smallest absolute Gasteiger partial charge is 0.123 e. The third-order valence-corrected chi connectivity index (χ3v) is 3.80. The van der Waals surface area contributed by atoms with Gasteiger partial charge in [-0.1, -0.05) is 25.5 Å². The molecule has 0 saturated heterocycles. The zero-order valence-corrected chi connectivity index (χ0v) is 13.3. The van der Waals surface area contributed by atoms with Crippen molar-refractivity contribution >= 4 is 0 Å². The van der Waals surface area contributed by atoms with Gasteiger partial charge in [-0.05, 0) is 50.8 Å². The maximum Gasteiger partial charge on any atom is 0.123 e. The second kappa shape index (κ2) is 8.98. The Morgan fingerprint density at radius 3 is 2.65 bits per heavy atom. The first-order chi connectivity index (χ1) is 9.62. The lowest BCUT2D eigenvalue weighted by atomic mass is 9.98. The largest absolute Gasteiger partial charge is 0.496 e. The van der Waals surface area contributed by atoms with Gasteiger partial charge in [0.15, 0.2) is 0 Å². The SMILES string of the molecule is CCCC(CCO)CNC(C)c1ccc(C)cc1OC. The van der Waals surface area contributed by atoms with Gasteiger partial charge >= 0.3 is 0 Å². The molecule has 0 bridgehead atoms. The van der Waals surface area contributed by atoms with Crippen molar-refractivity contribution in [3.05, 3.63) is 29.3 Å². The summed E-state index contributed by atoms with van der Waals surface area (Å²) in [5.74, 6) is 1.49. The molecule has 0 aliphatic heterocycles. The van der Waals surface area contributed by atoms with Gasteiger partial charge in [-0.25, -0.2) is 0 Å². The van der Waals surface area contributed by atoms with E-state index < -0.39 is 0 Å². The summed E-state index contributed by atoms with van der Waals surface area (Å²) in [6, 6.07) is 6.58. The van der Waals surface area contributed by atoms with Crippen LogP contribution in [0.25, 0.3) is 0 Å². The Bertz CT molecular complexity index is 387. The highest BCUT2D eigenvalue weighted by atomic mass is 16.5. The van der Waals surface area contributed by atoms with E-state index in [1.165, 1.54) is 11.1 Å². The minimum atomic E-state index is 0.253. The lowest BCUT2D eigenvalue weighted by molar-refractivity contribution is 0.245. The normalized spacial score (nSPS) is 14.1. The molecule has 0 spiro atoms. The van der Waals surface area contributed by atoms with Crippen LogP contribution in [0.15, 0.2) is 18.2 Å². The van der Waals surface area contributed by atoms with E-state index in [0.29, 0.717) is 5.92 Å². The van der Waals surface area contributed by atoms with E-state index in [1.54, 1.807) is 7.11 Å². The van der Waals surface area contributed by atoms with E-state index in [0.717, 1.165) is 31.6 Å². The second-order valence-corrected chi connectivity index (χ2v) is 5.54. The molecule has 0 aliphatic carbocycles. The number of methoxy groups -OCH3 is 1. The Labute approximate surface area is 123 Å². The quantitative estimate of drug-likeness (QED) is 0.727. The van der Waals surface area contributed by atoms with Crippen LogP contribution in [0.2, 0.25) is 0 Å². The van der Waals surface area contributed by atoms with E-state index in [1.807, 2.05) is 0 Å². The van der Waals surface area contributed by atoms with Crippen LogP contribution in [0.4, 0.5) is 0 Å². The zero-order chi connectivity index (χ0) is 15.0. The number of rotatable bonds is 9. The predicted octanol–water partition coefficient (Wildman–Crippen LogP) is 3.45. The third-order valence-electron chi connectivity index (χ3n) is 3.80. The van der Waals surface area contributed by atoms with Crippen molar-refractivity contribution in [3.63, 3.8) is 0 Å². The van der Waals surface area contributed by atoms with E-state index in [-0.39, 0.29) is 12.6 Å². The Morgan fingerprint density at radius 2 is 2.05 bits per heavy atom. The summed E-state index contributed by atoms with van der Waals surface area (Å²) in [5.41, 5.74) is 2.40. The summed E-state index contributed by atoms with van der Waals surface area (Å²) in [4.78, 5) is 0. The predicted molar refractivity (Wildman–Crippen MR) is 84.2 cm³/mol. The van der Waals surface area contributed by atoms with Gasteiger partial charge in [-0.15, -0.1) is 0 Å². The van der Waals surface area contributed by atoms with E-state index in [2.05, 4.69) is 44.3 Å². The molecule has 2 N–H and O–H groups in total.